The normalized spacial score (nSPS) is 17.7. The molecule has 0 fully saturated rings. The Balaban J connectivity index is 3.59. The summed E-state index contributed by atoms with van der Waals surface area (Å²) in [7, 11) is 0. The van der Waals surface area contributed by atoms with Crippen LogP contribution in [0.5, 0.6) is 0 Å². The molecule has 0 bridgehead atoms. The van der Waals surface area contributed by atoms with Crippen LogP contribution in [-0.4, -0.2) is 68.1 Å². The molecule has 4 atom stereocenters. The molecule has 0 rings (SSSR count). The number of hydrogen-bond donors (Lipinski definition) is 5. The van der Waals surface area contributed by atoms with Gasteiger partial charge in [0.1, 0.15) is 18.3 Å². The van der Waals surface area contributed by atoms with E-state index in [2.05, 4.69) is 6.92 Å². The monoisotopic (exact) mass is 310 g/mol. The number of hydrogen-bond acceptors (Lipinski definition) is 6. The first kappa shape index (κ1) is 20.1. The Hall–Kier alpha value is 0.150. The summed E-state index contributed by atoms with van der Waals surface area (Å²) in [6.45, 7) is 1.54. The molecule has 0 unspecified atom stereocenters. The zero-order valence-electron chi connectivity index (χ0n) is 12.3. The maximum absolute atomic E-state index is 9.68. The molecule has 0 radical (unpaired) electrons. The van der Waals surface area contributed by atoms with E-state index in [-0.39, 0.29) is 0 Å². The highest BCUT2D eigenvalue weighted by molar-refractivity contribution is 7.99. The molecule has 20 heavy (non-hydrogen) atoms. The molecule has 0 amide bonds. The van der Waals surface area contributed by atoms with Crippen LogP contribution in [0.2, 0.25) is 0 Å². The van der Waals surface area contributed by atoms with E-state index in [1.54, 1.807) is 0 Å². The number of aliphatic hydroxyl groups excluding tert-OH is 5. The van der Waals surface area contributed by atoms with Crippen LogP contribution in [0.4, 0.5) is 0 Å². The van der Waals surface area contributed by atoms with Gasteiger partial charge in [-0.2, -0.15) is 11.8 Å². The van der Waals surface area contributed by atoms with Crippen LogP contribution in [0.25, 0.3) is 0 Å². The van der Waals surface area contributed by atoms with Gasteiger partial charge in [0.15, 0.2) is 0 Å². The van der Waals surface area contributed by atoms with Gasteiger partial charge in [-0.25, -0.2) is 0 Å². The molecule has 5 N–H and O–H groups in total. The highest BCUT2D eigenvalue weighted by atomic mass is 32.2. The minimum Gasteiger partial charge on any atom is -0.394 e. The average molecular weight is 310 g/mol. The summed E-state index contributed by atoms with van der Waals surface area (Å²) in [5.74, 6) is 1.22. The molecule has 0 saturated heterocycles. The molecular weight excluding hydrogens is 280 g/mol. The van der Waals surface area contributed by atoms with Gasteiger partial charge in [-0.15, -0.1) is 0 Å². The molecule has 122 valence electrons. The highest BCUT2D eigenvalue weighted by Crippen LogP contribution is 2.14. The number of rotatable bonds is 13. The lowest BCUT2D eigenvalue weighted by molar-refractivity contribution is -0.109. The van der Waals surface area contributed by atoms with Crippen LogP contribution < -0.4 is 0 Å². The van der Waals surface area contributed by atoms with Crippen LogP contribution in [-0.2, 0) is 0 Å². The van der Waals surface area contributed by atoms with Crippen molar-refractivity contribution in [1.82, 2.24) is 0 Å². The second-order valence-corrected chi connectivity index (χ2v) is 6.29. The largest absolute Gasteiger partial charge is 0.394 e. The molecule has 0 aromatic rings. The third kappa shape index (κ3) is 9.15. The standard InChI is InChI=1S/C14H30O5S/c1-2-3-4-5-6-7-8-20-10-12(17)14(19)13(18)11(16)9-15/h11-19H,2-10H2,1H3/t11-,12+,13+,14-/m1/s1. The third-order valence-corrected chi connectivity index (χ3v) is 4.41. The minimum absolute atomic E-state index is 0.311. The van der Waals surface area contributed by atoms with Crippen molar-refractivity contribution >= 4 is 11.8 Å². The van der Waals surface area contributed by atoms with Crippen molar-refractivity contribution in [2.24, 2.45) is 0 Å². The van der Waals surface area contributed by atoms with Crippen molar-refractivity contribution in [2.75, 3.05) is 18.1 Å². The predicted molar refractivity (Wildman–Crippen MR) is 81.8 cm³/mol. The van der Waals surface area contributed by atoms with E-state index in [1.165, 1.54) is 43.9 Å². The molecule has 6 heteroatoms. The molecule has 0 spiro atoms. The fourth-order valence-corrected chi connectivity index (χ4v) is 2.86. The molecular formula is C14H30O5S. The summed E-state index contributed by atoms with van der Waals surface area (Å²) in [5, 5.41) is 46.6. The van der Waals surface area contributed by atoms with Gasteiger partial charge in [-0.3, -0.25) is 0 Å². The predicted octanol–water partition coefficient (Wildman–Crippen LogP) is 0.516. The summed E-state index contributed by atoms with van der Waals surface area (Å²) in [6.07, 6.45) is 1.80. The average Bonchev–Trinajstić information content (AvgIpc) is 2.47. The van der Waals surface area contributed by atoms with Crippen LogP contribution in [0, 0.1) is 0 Å². The maximum Gasteiger partial charge on any atom is 0.111 e. The molecule has 0 heterocycles. The maximum atomic E-state index is 9.68. The topological polar surface area (TPSA) is 101 Å². The SMILES string of the molecule is CCCCCCCCSC[C@H](O)[C@@H](O)[C@@H](O)[C@H](O)CO. The molecule has 5 nitrogen and oxygen atoms in total. The summed E-state index contributed by atoms with van der Waals surface area (Å²) in [5.41, 5.74) is 0. The number of thioether (sulfide) groups is 1. The lowest BCUT2D eigenvalue weighted by atomic mass is 10.0. The molecule has 0 aliphatic rings. The van der Waals surface area contributed by atoms with Gasteiger partial charge in [-0.1, -0.05) is 39.0 Å². The second-order valence-electron chi connectivity index (χ2n) is 5.14. The van der Waals surface area contributed by atoms with Gasteiger partial charge in [0.25, 0.3) is 0 Å². The van der Waals surface area contributed by atoms with Crippen LogP contribution in [0.3, 0.4) is 0 Å². The van der Waals surface area contributed by atoms with Gasteiger partial charge >= 0.3 is 0 Å². The first-order valence-corrected chi connectivity index (χ1v) is 8.60. The molecule has 0 aromatic carbocycles. The van der Waals surface area contributed by atoms with Crippen molar-refractivity contribution in [1.29, 1.82) is 0 Å². The van der Waals surface area contributed by atoms with Crippen LogP contribution >= 0.6 is 11.8 Å². The van der Waals surface area contributed by atoms with Crippen molar-refractivity contribution < 1.29 is 25.5 Å². The van der Waals surface area contributed by atoms with Crippen LogP contribution in [0.1, 0.15) is 45.4 Å². The van der Waals surface area contributed by atoms with Crippen molar-refractivity contribution in [3.05, 3.63) is 0 Å². The van der Waals surface area contributed by atoms with Gasteiger partial charge < -0.3 is 25.5 Å². The Bertz CT molecular complexity index is 218. The van der Waals surface area contributed by atoms with E-state index in [9.17, 15) is 20.4 Å². The smallest absolute Gasteiger partial charge is 0.111 e. The van der Waals surface area contributed by atoms with Crippen LogP contribution in [0.15, 0.2) is 0 Å². The molecule has 0 aliphatic heterocycles. The third-order valence-electron chi connectivity index (χ3n) is 3.26. The Morgan fingerprint density at radius 1 is 0.800 bits per heavy atom. The van der Waals surface area contributed by atoms with Crippen molar-refractivity contribution in [3.63, 3.8) is 0 Å². The summed E-state index contributed by atoms with van der Waals surface area (Å²) >= 11 is 1.52. The van der Waals surface area contributed by atoms with Crippen molar-refractivity contribution in [2.45, 2.75) is 69.9 Å². The summed E-state index contributed by atoms with van der Waals surface area (Å²) in [4.78, 5) is 0. The first-order valence-electron chi connectivity index (χ1n) is 7.45. The Morgan fingerprint density at radius 2 is 1.35 bits per heavy atom. The Labute approximate surface area is 126 Å². The lowest BCUT2D eigenvalue weighted by Crippen LogP contribution is -2.46. The molecule has 0 saturated carbocycles. The zero-order valence-corrected chi connectivity index (χ0v) is 13.1. The highest BCUT2D eigenvalue weighted by Gasteiger charge is 2.29. The second kappa shape index (κ2) is 12.9. The van der Waals surface area contributed by atoms with Gasteiger partial charge in [0.2, 0.25) is 0 Å². The van der Waals surface area contributed by atoms with E-state index in [0.717, 1.165) is 12.2 Å². The fraction of sp³-hybridized carbons (Fsp3) is 1.00. The fourth-order valence-electron chi connectivity index (χ4n) is 1.85. The van der Waals surface area contributed by atoms with Gasteiger partial charge in [0, 0.05) is 5.75 Å². The zero-order chi connectivity index (χ0) is 15.4. The first-order chi connectivity index (χ1) is 9.54. The van der Waals surface area contributed by atoms with Gasteiger partial charge in [0.05, 0.1) is 12.7 Å². The number of aliphatic hydroxyl groups is 5. The van der Waals surface area contributed by atoms with E-state index in [1.807, 2.05) is 0 Å². The number of unbranched alkanes of at least 4 members (excludes halogenated alkanes) is 5. The Morgan fingerprint density at radius 3 is 1.95 bits per heavy atom. The Kier molecular flexibility index (Phi) is 13.0. The minimum atomic E-state index is -1.52. The quantitative estimate of drug-likeness (QED) is 0.318. The van der Waals surface area contributed by atoms with E-state index < -0.39 is 31.0 Å². The van der Waals surface area contributed by atoms with Gasteiger partial charge in [-0.05, 0) is 12.2 Å². The van der Waals surface area contributed by atoms with E-state index in [0.29, 0.717) is 5.75 Å². The summed E-state index contributed by atoms with van der Waals surface area (Å²) in [6, 6.07) is 0. The molecule has 0 aliphatic carbocycles. The van der Waals surface area contributed by atoms with Crippen molar-refractivity contribution in [3.8, 4) is 0 Å². The summed E-state index contributed by atoms with van der Waals surface area (Å²) < 4.78 is 0. The lowest BCUT2D eigenvalue weighted by Gasteiger charge is -2.25. The van der Waals surface area contributed by atoms with E-state index in [4.69, 9.17) is 5.11 Å². The van der Waals surface area contributed by atoms with E-state index >= 15 is 0 Å². The molecule has 0 aromatic heterocycles.